The first-order valence-corrected chi connectivity index (χ1v) is 12.5. The molecule has 1 aromatic heterocycles. The highest BCUT2D eigenvalue weighted by Gasteiger charge is 2.17. The molecule has 1 N–H and O–H groups in total. The van der Waals surface area contributed by atoms with Gasteiger partial charge < -0.3 is 19.7 Å². The van der Waals surface area contributed by atoms with Gasteiger partial charge in [0, 0.05) is 35.4 Å². The molecule has 7 nitrogen and oxygen atoms in total. The summed E-state index contributed by atoms with van der Waals surface area (Å²) in [5.41, 5.74) is 4.31. The van der Waals surface area contributed by atoms with Gasteiger partial charge in [-0.2, -0.15) is 0 Å². The van der Waals surface area contributed by atoms with E-state index in [1.807, 2.05) is 72.8 Å². The Morgan fingerprint density at radius 1 is 0.919 bits per heavy atom. The lowest BCUT2D eigenvalue weighted by molar-refractivity contribution is -0.119. The highest BCUT2D eigenvalue weighted by atomic mass is 16.5. The summed E-state index contributed by atoms with van der Waals surface area (Å²) in [6.07, 6.45) is 3.69. The molecule has 1 aliphatic heterocycles. The van der Waals surface area contributed by atoms with Crippen molar-refractivity contribution in [3.8, 4) is 17.0 Å². The van der Waals surface area contributed by atoms with Gasteiger partial charge in [-0.05, 0) is 79.9 Å². The molecule has 0 atom stereocenters. The largest absolute Gasteiger partial charge is 0.497 e. The fourth-order valence-electron chi connectivity index (χ4n) is 4.57. The topological polar surface area (TPSA) is 80.8 Å². The van der Waals surface area contributed by atoms with Gasteiger partial charge in [0.15, 0.2) is 6.61 Å². The zero-order valence-corrected chi connectivity index (χ0v) is 20.8. The predicted molar refractivity (Wildman–Crippen MR) is 145 cm³/mol. The highest BCUT2D eigenvalue weighted by molar-refractivity contribution is 6.05. The van der Waals surface area contributed by atoms with Crippen molar-refractivity contribution in [2.45, 2.75) is 19.3 Å². The smallest absolute Gasteiger partial charge is 0.339 e. The maximum absolute atomic E-state index is 13.1. The Bertz CT molecular complexity index is 1400. The van der Waals surface area contributed by atoms with E-state index in [4.69, 9.17) is 14.5 Å². The van der Waals surface area contributed by atoms with Crippen LogP contribution < -0.4 is 15.0 Å². The van der Waals surface area contributed by atoms with Crippen LogP contribution in [0.5, 0.6) is 5.75 Å². The molecule has 1 amide bonds. The lowest BCUT2D eigenvalue weighted by Crippen LogP contribution is -2.29. The molecular weight excluding hydrogens is 466 g/mol. The average molecular weight is 496 g/mol. The zero-order chi connectivity index (χ0) is 25.6. The van der Waals surface area contributed by atoms with Crippen molar-refractivity contribution >= 4 is 34.2 Å². The summed E-state index contributed by atoms with van der Waals surface area (Å²) >= 11 is 0. The lowest BCUT2D eigenvalue weighted by atomic mass is 10.0. The number of carbonyl (C=O) groups is 2. The van der Waals surface area contributed by atoms with Crippen LogP contribution in [0.25, 0.3) is 22.2 Å². The quantitative estimate of drug-likeness (QED) is 0.332. The Morgan fingerprint density at radius 2 is 1.65 bits per heavy atom. The van der Waals surface area contributed by atoms with Crippen LogP contribution in [0.3, 0.4) is 0 Å². The van der Waals surface area contributed by atoms with Gasteiger partial charge in [0.2, 0.25) is 0 Å². The molecule has 7 heteroatoms. The molecule has 1 saturated heterocycles. The summed E-state index contributed by atoms with van der Waals surface area (Å²) in [6, 6.07) is 24.3. The van der Waals surface area contributed by atoms with Gasteiger partial charge in [-0.3, -0.25) is 4.79 Å². The van der Waals surface area contributed by atoms with Crippen LogP contribution in [0.4, 0.5) is 11.4 Å². The number of hydrogen-bond donors (Lipinski definition) is 1. The fraction of sp³-hybridized carbons (Fsp3) is 0.233. The van der Waals surface area contributed by atoms with Crippen molar-refractivity contribution < 1.29 is 19.1 Å². The lowest BCUT2D eigenvalue weighted by Gasteiger charge is -2.28. The number of piperidine rings is 1. The molecule has 0 saturated carbocycles. The van der Waals surface area contributed by atoms with Crippen molar-refractivity contribution in [3.63, 3.8) is 0 Å². The first-order chi connectivity index (χ1) is 18.1. The van der Waals surface area contributed by atoms with Crippen LogP contribution in [-0.2, 0) is 9.53 Å². The number of pyridine rings is 1. The average Bonchev–Trinajstić information content (AvgIpc) is 2.96. The Labute approximate surface area is 216 Å². The molecule has 188 valence electrons. The molecular formula is C30H29N3O4. The minimum absolute atomic E-state index is 0.357. The standard InChI is InChI=1S/C30H29N3O4/c1-36-24-15-9-21(10-16-24)28-19-26(25-7-3-4-8-27(25)32-28)30(35)37-20-29(34)31-22-11-13-23(14-12-22)33-17-5-2-6-18-33/h3-4,7-16,19H,2,5-6,17-18,20H2,1H3,(H,31,34). The van der Waals surface area contributed by atoms with E-state index in [1.165, 1.54) is 19.3 Å². The third-order valence-corrected chi connectivity index (χ3v) is 6.53. The summed E-state index contributed by atoms with van der Waals surface area (Å²) in [5.74, 6) is -0.243. The van der Waals surface area contributed by atoms with Crippen LogP contribution in [0.15, 0.2) is 78.9 Å². The van der Waals surface area contributed by atoms with Crippen LogP contribution >= 0.6 is 0 Å². The van der Waals surface area contributed by atoms with Crippen LogP contribution in [-0.4, -0.2) is 43.7 Å². The first-order valence-electron chi connectivity index (χ1n) is 12.5. The molecule has 5 rings (SSSR count). The second-order valence-corrected chi connectivity index (χ2v) is 9.02. The Kier molecular flexibility index (Phi) is 7.31. The van der Waals surface area contributed by atoms with E-state index in [-0.39, 0.29) is 6.61 Å². The number of esters is 1. The molecule has 1 aliphatic rings. The number of methoxy groups -OCH3 is 1. The number of nitrogens with zero attached hydrogens (tertiary/aromatic N) is 2. The molecule has 0 bridgehead atoms. The minimum atomic E-state index is -0.580. The van der Waals surface area contributed by atoms with Gasteiger partial charge in [-0.25, -0.2) is 9.78 Å². The number of para-hydroxylation sites is 1. The van der Waals surface area contributed by atoms with Gasteiger partial charge in [-0.15, -0.1) is 0 Å². The number of fused-ring (bicyclic) bond motifs is 1. The first kappa shape index (κ1) is 24.3. The number of nitrogens with one attached hydrogen (secondary N) is 1. The number of aromatic nitrogens is 1. The molecule has 1 fully saturated rings. The third-order valence-electron chi connectivity index (χ3n) is 6.53. The number of carbonyl (C=O) groups excluding carboxylic acids is 2. The molecule has 0 spiro atoms. The molecule has 4 aromatic rings. The SMILES string of the molecule is COc1ccc(-c2cc(C(=O)OCC(=O)Nc3ccc(N4CCCCC4)cc3)c3ccccc3n2)cc1. The van der Waals surface area contributed by atoms with Crippen molar-refractivity contribution in [3.05, 3.63) is 84.4 Å². The normalized spacial score (nSPS) is 13.3. The monoisotopic (exact) mass is 495 g/mol. The predicted octanol–water partition coefficient (Wildman–Crippen LogP) is 5.70. The van der Waals surface area contributed by atoms with Crippen LogP contribution in [0.2, 0.25) is 0 Å². The van der Waals surface area contributed by atoms with E-state index < -0.39 is 11.9 Å². The van der Waals surface area contributed by atoms with Crippen LogP contribution in [0.1, 0.15) is 29.6 Å². The van der Waals surface area contributed by atoms with E-state index in [9.17, 15) is 9.59 Å². The van der Waals surface area contributed by atoms with Gasteiger partial charge >= 0.3 is 5.97 Å². The zero-order valence-electron chi connectivity index (χ0n) is 20.8. The van der Waals surface area contributed by atoms with E-state index in [0.29, 0.717) is 27.8 Å². The van der Waals surface area contributed by atoms with Crippen molar-refractivity contribution in [2.75, 3.05) is 37.0 Å². The van der Waals surface area contributed by atoms with E-state index in [0.717, 1.165) is 30.1 Å². The molecule has 37 heavy (non-hydrogen) atoms. The molecule has 0 radical (unpaired) electrons. The second kappa shape index (κ2) is 11.1. The molecule has 3 aromatic carbocycles. The number of hydrogen-bond acceptors (Lipinski definition) is 6. The Balaban J connectivity index is 1.27. The van der Waals surface area contributed by atoms with Crippen molar-refractivity contribution in [2.24, 2.45) is 0 Å². The maximum atomic E-state index is 13.1. The Morgan fingerprint density at radius 3 is 2.38 bits per heavy atom. The second-order valence-electron chi connectivity index (χ2n) is 9.02. The fourth-order valence-corrected chi connectivity index (χ4v) is 4.57. The summed E-state index contributed by atoms with van der Waals surface area (Å²) in [4.78, 5) is 32.6. The van der Waals surface area contributed by atoms with E-state index >= 15 is 0 Å². The van der Waals surface area contributed by atoms with Crippen LogP contribution in [0, 0.1) is 0 Å². The van der Waals surface area contributed by atoms with Gasteiger partial charge in [0.1, 0.15) is 5.75 Å². The molecule has 2 heterocycles. The summed E-state index contributed by atoms with van der Waals surface area (Å²) < 4.78 is 10.6. The maximum Gasteiger partial charge on any atom is 0.339 e. The van der Waals surface area contributed by atoms with Crippen molar-refractivity contribution in [1.82, 2.24) is 4.98 Å². The Hall–Kier alpha value is -4.39. The van der Waals surface area contributed by atoms with Gasteiger partial charge in [-0.1, -0.05) is 18.2 Å². The minimum Gasteiger partial charge on any atom is -0.497 e. The summed E-state index contributed by atoms with van der Waals surface area (Å²) in [5, 5.41) is 3.47. The summed E-state index contributed by atoms with van der Waals surface area (Å²) in [6.45, 7) is 1.73. The summed E-state index contributed by atoms with van der Waals surface area (Å²) in [7, 11) is 1.61. The third kappa shape index (κ3) is 5.72. The van der Waals surface area contributed by atoms with Crippen molar-refractivity contribution in [1.29, 1.82) is 0 Å². The number of ether oxygens (including phenoxy) is 2. The number of rotatable bonds is 7. The van der Waals surface area contributed by atoms with Gasteiger partial charge in [0.25, 0.3) is 5.91 Å². The van der Waals surface area contributed by atoms with Gasteiger partial charge in [0.05, 0.1) is 23.9 Å². The molecule has 0 unspecified atom stereocenters. The van der Waals surface area contributed by atoms with E-state index in [2.05, 4.69) is 10.2 Å². The van der Waals surface area contributed by atoms with E-state index in [1.54, 1.807) is 13.2 Å². The highest BCUT2D eigenvalue weighted by Crippen LogP contribution is 2.27. The number of amides is 1. The molecule has 0 aliphatic carbocycles. The number of anilines is 2. The number of benzene rings is 3.